The lowest BCUT2D eigenvalue weighted by Crippen LogP contribution is -2.33. The Morgan fingerprint density at radius 1 is 1.11 bits per heavy atom. The summed E-state index contributed by atoms with van der Waals surface area (Å²) in [5.41, 5.74) is 3.04. The standard InChI is InChI=1S/C22H24N2O3S/c1-16-11-17(2)13-18(12-16)24(8-3-7-23)22(25)15-28-19-5-6-20-21(14-19)27-10-4-9-26-20/h5-6,11-14H,3-4,8-10,15H2,1-2H3. The van der Waals surface area contributed by atoms with Crippen molar-refractivity contribution in [2.45, 2.75) is 31.6 Å². The first-order valence-corrected chi connectivity index (χ1v) is 10.3. The number of thioether (sulfide) groups is 1. The van der Waals surface area contributed by atoms with Crippen molar-refractivity contribution in [2.75, 3.05) is 30.4 Å². The van der Waals surface area contributed by atoms with E-state index >= 15 is 0 Å². The topological polar surface area (TPSA) is 62.6 Å². The maximum absolute atomic E-state index is 12.9. The van der Waals surface area contributed by atoms with Crippen LogP contribution in [0.3, 0.4) is 0 Å². The molecule has 0 atom stereocenters. The fourth-order valence-corrected chi connectivity index (χ4v) is 3.92. The van der Waals surface area contributed by atoms with Gasteiger partial charge in [-0.25, -0.2) is 0 Å². The van der Waals surface area contributed by atoms with Crippen LogP contribution in [0.15, 0.2) is 41.3 Å². The maximum atomic E-state index is 12.9. The summed E-state index contributed by atoms with van der Waals surface area (Å²) in [5.74, 6) is 1.75. The Morgan fingerprint density at radius 3 is 2.54 bits per heavy atom. The molecule has 2 aromatic carbocycles. The number of benzene rings is 2. The lowest BCUT2D eigenvalue weighted by Gasteiger charge is -2.23. The van der Waals surface area contributed by atoms with Crippen LogP contribution in [-0.4, -0.2) is 31.4 Å². The van der Waals surface area contributed by atoms with E-state index < -0.39 is 0 Å². The first-order valence-electron chi connectivity index (χ1n) is 9.35. The van der Waals surface area contributed by atoms with Gasteiger partial charge >= 0.3 is 0 Å². The van der Waals surface area contributed by atoms with Gasteiger partial charge in [0.2, 0.25) is 5.91 Å². The maximum Gasteiger partial charge on any atom is 0.237 e. The minimum absolute atomic E-state index is 0.0163. The van der Waals surface area contributed by atoms with Gasteiger partial charge in [0, 0.05) is 23.5 Å². The smallest absolute Gasteiger partial charge is 0.237 e. The third-order valence-electron chi connectivity index (χ3n) is 4.35. The molecule has 0 N–H and O–H groups in total. The van der Waals surface area contributed by atoms with E-state index in [0.717, 1.165) is 39.6 Å². The van der Waals surface area contributed by atoms with Crippen molar-refractivity contribution < 1.29 is 14.3 Å². The van der Waals surface area contributed by atoms with Gasteiger partial charge in [-0.05, 0) is 55.3 Å². The Kier molecular flexibility index (Phi) is 6.83. The molecular weight excluding hydrogens is 372 g/mol. The molecule has 0 aliphatic carbocycles. The summed E-state index contributed by atoms with van der Waals surface area (Å²) in [4.78, 5) is 15.6. The highest BCUT2D eigenvalue weighted by molar-refractivity contribution is 8.00. The van der Waals surface area contributed by atoms with E-state index in [0.29, 0.717) is 26.2 Å². The number of nitriles is 1. The molecule has 6 heteroatoms. The van der Waals surface area contributed by atoms with Gasteiger partial charge in [0.1, 0.15) is 0 Å². The van der Waals surface area contributed by atoms with Crippen molar-refractivity contribution >= 4 is 23.4 Å². The van der Waals surface area contributed by atoms with Crippen LogP contribution in [0.2, 0.25) is 0 Å². The van der Waals surface area contributed by atoms with E-state index in [4.69, 9.17) is 14.7 Å². The fourth-order valence-electron chi connectivity index (χ4n) is 3.12. The van der Waals surface area contributed by atoms with Crippen LogP contribution < -0.4 is 14.4 Å². The number of amides is 1. The molecule has 1 aliphatic heterocycles. The highest BCUT2D eigenvalue weighted by atomic mass is 32.2. The average Bonchev–Trinajstić information content (AvgIpc) is 2.91. The number of anilines is 1. The van der Waals surface area contributed by atoms with Crippen LogP contribution in [0.4, 0.5) is 5.69 Å². The molecule has 1 heterocycles. The van der Waals surface area contributed by atoms with Gasteiger partial charge in [0.25, 0.3) is 0 Å². The molecule has 2 aromatic rings. The molecule has 5 nitrogen and oxygen atoms in total. The second-order valence-electron chi connectivity index (χ2n) is 6.75. The summed E-state index contributed by atoms with van der Waals surface area (Å²) in [6.45, 7) is 5.70. The number of carbonyl (C=O) groups excluding carboxylic acids is 1. The summed E-state index contributed by atoms with van der Waals surface area (Å²) in [7, 11) is 0. The van der Waals surface area contributed by atoms with Gasteiger partial charge in [-0.1, -0.05) is 6.07 Å². The molecule has 0 fully saturated rings. The van der Waals surface area contributed by atoms with Crippen LogP contribution in [0.5, 0.6) is 11.5 Å². The van der Waals surface area contributed by atoms with E-state index in [2.05, 4.69) is 12.1 Å². The van der Waals surface area contributed by atoms with E-state index in [1.807, 2.05) is 44.2 Å². The summed E-state index contributed by atoms with van der Waals surface area (Å²) in [5, 5.41) is 8.98. The third kappa shape index (κ3) is 5.20. The molecule has 0 spiro atoms. The lowest BCUT2D eigenvalue weighted by atomic mass is 10.1. The Morgan fingerprint density at radius 2 is 1.82 bits per heavy atom. The molecule has 0 bridgehead atoms. The van der Waals surface area contributed by atoms with Crippen molar-refractivity contribution in [1.82, 2.24) is 0 Å². The molecule has 1 amide bonds. The number of fused-ring (bicyclic) bond motifs is 1. The molecule has 0 unspecified atom stereocenters. The van der Waals surface area contributed by atoms with E-state index in [1.54, 1.807) is 4.90 Å². The zero-order valence-electron chi connectivity index (χ0n) is 16.2. The number of ether oxygens (including phenoxy) is 2. The zero-order valence-corrected chi connectivity index (χ0v) is 17.1. The molecular formula is C22H24N2O3S. The zero-order chi connectivity index (χ0) is 19.9. The van der Waals surface area contributed by atoms with Gasteiger partial charge in [-0.2, -0.15) is 5.26 Å². The monoisotopic (exact) mass is 396 g/mol. The van der Waals surface area contributed by atoms with E-state index in [9.17, 15) is 4.79 Å². The second kappa shape index (κ2) is 9.52. The summed E-state index contributed by atoms with van der Waals surface area (Å²) in [6, 6.07) is 13.9. The third-order valence-corrected chi connectivity index (χ3v) is 5.33. The van der Waals surface area contributed by atoms with Gasteiger partial charge < -0.3 is 14.4 Å². The predicted molar refractivity (Wildman–Crippen MR) is 111 cm³/mol. The minimum atomic E-state index is -0.0163. The van der Waals surface area contributed by atoms with E-state index in [-0.39, 0.29) is 11.7 Å². The van der Waals surface area contributed by atoms with Gasteiger partial charge in [0.15, 0.2) is 11.5 Å². The first kappa shape index (κ1) is 20.1. The number of carbonyl (C=O) groups is 1. The minimum Gasteiger partial charge on any atom is -0.490 e. The Balaban J connectivity index is 1.71. The quantitative estimate of drug-likeness (QED) is 0.673. The van der Waals surface area contributed by atoms with Crippen molar-refractivity contribution in [3.63, 3.8) is 0 Å². The summed E-state index contributed by atoms with van der Waals surface area (Å²) < 4.78 is 11.4. The van der Waals surface area contributed by atoms with Crippen molar-refractivity contribution in [2.24, 2.45) is 0 Å². The van der Waals surface area contributed by atoms with Crippen LogP contribution in [0, 0.1) is 25.2 Å². The van der Waals surface area contributed by atoms with Gasteiger partial charge in [-0.3, -0.25) is 4.79 Å². The molecule has 1 aliphatic rings. The highest BCUT2D eigenvalue weighted by Gasteiger charge is 2.17. The Labute approximate surface area is 170 Å². The molecule has 0 radical (unpaired) electrons. The summed E-state index contributed by atoms with van der Waals surface area (Å²) >= 11 is 1.46. The van der Waals surface area contributed by atoms with Crippen LogP contribution >= 0.6 is 11.8 Å². The summed E-state index contributed by atoms with van der Waals surface area (Å²) in [6.07, 6.45) is 1.16. The van der Waals surface area contributed by atoms with Crippen LogP contribution in [0.1, 0.15) is 24.0 Å². The SMILES string of the molecule is Cc1cc(C)cc(N(CCC#N)C(=O)CSc2ccc3c(c2)OCCCO3)c1. The molecule has 0 aromatic heterocycles. The Bertz CT molecular complexity index is 872. The normalized spacial score (nSPS) is 12.8. The number of hydrogen-bond donors (Lipinski definition) is 0. The molecule has 0 saturated carbocycles. The number of nitrogens with zero attached hydrogens (tertiary/aromatic N) is 2. The molecule has 3 rings (SSSR count). The molecule has 0 saturated heterocycles. The highest BCUT2D eigenvalue weighted by Crippen LogP contribution is 2.34. The number of aryl methyl sites for hydroxylation is 2. The average molecular weight is 397 g/mol. The largest absolute Gasteiger partial charge is 0.490 e. The number of rotatable bonds is 6. The second-order valence-corrected chi connectivity index (χ2v) is 7.80. The van der Waals surface area contributed by atoms with Crippen LogP contribution in [-0.2, 0) is 4.79 Å². The van der Waals surface area contributed by atoms with Gasteiger partial charge in [0.05, 0.1) is 31.5 Å². The predicted octanol–water partition coefficient (Wildman–Crippen LogP) is 4.50. The van der Waals surface area contributed by atoms with E-state index in [1.165, 1.54) is 11.8 Å². The van der Waals surface area contributed by atoms with Crippen molar-refractivity contribution in [3.05, 3.63) is 47.5 Å². The fraction of sp³-hybridized carbons (Fsp3) is 0.364. The van der Waals surface area contributed by atoms with Crippen LogP contribution in [0.25, 0.3) is 0 Å². The van der Waals surface area contributed by atoms with Gasteiger partial charge in [-0.15, -0.1) is 11.8 Å². The first-order chi connectivity index (χ1) is 13.6. The number of hydrogen-bond acceptors (Lipinski definition) is 5. The Hall–Kier alpha value is -2.65. The molecule has 28 heavy (non-hydrogen) atoms. The lowest BCUT2D eigenvalue weighted by molar-refractivity contribution is -0.116. The molecule has 146 valence electrons. The van der Waals surface area contributed by atoms with Crippen molar-refractivity contribution in [3.8, 4) is 17.6 Å². The van der Waals surface area contributed by atoms with Crippen molar-refractivity contribution in [1.29, 1.82) is 5.26 Å².